The highest BCUT2D eigenvalue weighted by Crippen LogP contribution is 2.33. The monoisotopic (exact) mass is 373 g/mol. The highest BCUT2D eigenvalue weighted by Gasteiger charge is 2.27. The molecule has 4 rings (SSSR count). The van der Waals surface area contributed by atoms with Crippen LogP contribution in [-0.4, -0.2) is 21.6 Å². The largest absolute Gasteiger partial charge is 0.461 e. The molecule has 0 spiro atoms. The van der Waals surface area contributed by atoms with E-state index in [4.69, 9.17) is 8.94 Å². The number of hydrogen-bond donors (Lipinski definition) is 0. The Morgan fingerprint density at radius 1 is 1.22 bits per heavy atom. The van der Waals surface area contributed by atoms with Gasteiger partial charge in [-0.2, -0.15) is 4.98 Å². The van der Waals surface area contributed by atoms with Crippen LogP contribution in [0.3, 0.4) is 0 Å². The van der Waals surface area contributed by atoms with Gasteiger partial charge >= 0.3 is 0 Å². The van der Waals surface area contributed by atoms with Crippen LogP contribution in [0.25, 0.3) is 11.6 Å². The van der Waals surface area contributed by atoms with Crippen molar-refractivity contribution in [2.75, 3.05) is 6.54 Å². The first kappa shape index (κ1) is 14.7. The van der Waals surface area contributed by atoms with Gasteiger partial charge in [-0.1, -0.05) is 33.2 Å². The molecule has 118 valence electrons. The van der Waals surface area contributed by atoms with E-state index in [9.17, 15) is 0 Å². The predicted molar refractivity (Wildman–Crippen MR) is 88.5 cm³/mol. The summed E-state index contributed by atoms with van der Waals surface area (Å²) in [4.78, 5) is 6.83. The number of aromatic nitrogens is 2. The summed E-state index contributed by atoms with van der Waals surface area (Å²) in [5.74, 6) is 1.76. The van der Waals surface area contributed by atoms with Crippen LogP contribution >= 0.6 is 15.9 Å². The van der Waals surface area contributed by atoms with Crippen LogP contribution in [-0.2, 0) is 6.54 Å². The van der Waals surface area contributed by atoms with Gasteiger partial charge in [0.2, 0.25) is 11.7 Å². The van der Waals surface area contributed by atoms with Gasteiger partial charge < -0.3 is 8.94 Å². The van der Waals surface area contributed by atoms with Gasteiger partial charge in [-0.05, 0) is 49.2 Å². The lowest BCUT2D eigenvalue weighted by Gasteiger charge is -2.23. The number of rotatable bonds is 4. The molecular weight excluding hydrogens is 358 g/mol. The van der Waals surface area contributed by atoms with Gasteiger partial charge in [0.15, 0.2) is 5.76 Å². The Balaban J connectivity index is 1.50. The van der Waals surface area contributed by atoms with Crippen LogP contribution in [0.2, 0.25) is 0 Å². The smallest absolute Gasteiger partial charge is 0.241 e. The number of halogens is 1. The second-order valence-electron chi connectivity index (χ2n) is 5.67. The molecule has 1 unspecified atom stereocenters. The van der Waals surface area contributed by atoms with Crippen molar-refractivity contribution >= 4 is 15.9 Å². The maximum atomic E-state index is 5.38. The van der Waals surface area contributed by atoms with E-state index in [0.29, 0.717) is 30.1 Å². The third kappa shape index (κ3) is 3.09. The molecule has 0 radical (unpaired) electrons. The molecule has 3 heterocycles. The molecule has 0 aliphatic carbocycles. The van der Waals surface area contributed by atoms with Crippen LogP contribution in [0, 0.1) is 0 Å². The molecule has 1 fully saturated rings. The second kappa shape index (κ2) is 6.29. The van der Waals surface area contributed by atoms with Crippen LogP contribution in [0.15, 0.2) is 56.1 Å². The van der Waals surface area contributed by atoms with Crippen molar-refractivity contribution in [1.29, 1.82) is 0 Å². The Bertz CT molecular complexity index is 768. The molecule has 0 saturated carbocycles. The van der Waals surface area contributed by atoms with Gasteiger partial charge in [0.25, 0.3) is 0 Å². The number of benzene rings is 1. The van der Waals surface area contributed by atoms with Gasteiger partial charge in [0, 0.05) is 10.5 Å². The van der Waals surface area contributed by atoms with E-state index < -0.39 is 0 Å². The fraction of sp³-hybridized carbons (Fsp3) is 0.294. The number of nitrogens with zero attached hydrogens (tertiary/aromatic N) is 3. The van der Waals surface area contributed by atoms with Crippen LogP contribution < -0.4 is 0 Å². The van der Waals surface area contributed by atoms with Gasteiger partial charge in [-0.15, -0.1) is 0 Å². The minimum absolute atomic E-state index is 0.405. The quantitative estimate of drug-likeness (QED) is 0.676. The van der Waals surface area contributed by atoms with Crippen LogP contribution in [0.4, 0.5) is 0 Å². The summed E-state index contributed by atoms with van der Waals surface area (Å²) in [7, 11) is 0. The molecule has 1 aliphatic rings. The van der Waals surface area contributed by atoms with Crippen molar-refractivity contribution < 1.29 is 8.94 Å². The van der Waals surface area contributed by atoms with E-state index in [1.165, 1.54) is 12.0 Å². The Morgan fingerprint density at radius 2 is 2.09 bits per heavy atom. The van der Waals surface area contributed by atoms with Crippen molar-refractivity contribution in [1.82, 2.24) is 15.0 Å². The lowest BCUT2D eigenvalue weighted by atomic mass is 10.0. The van der Waals surface area contributed by atoms with Crippen molar-refractivity contribution in [2.45, 2.75) is 25.4 Å². The summed E-state index contributed by atoms with van der Waals surface area (Å²) < 4.78 is 11.8. The molecule has 1 aliphatic heterocycles. The number of likely N-dealkylation sites (tertiary alicyclic amines) is 1. The van der Waals surface area contributed by atoms with Gasteiger partial charge in [-0.3, -0.25) is 4.90 Å². The van der Waals surface area contributed by atoms with E-state index in [2.05, 4.69) is 55.2 Å². The van der Waals surface area contributed by atoms with Crippen LogP contribution in [0.1, 0.15) is 30.3 Å². The first-order valence-electron chi connectivity index (χ1n) is 7.65. The predicted octanol–water partition coefficient (Wildman–Crippen LogP) is 4.43. The first-order valence-corrected chi connectivity index (χ1v) is 8.45. The van der Waals surface area contributed by atoms with E-state index >= 15 is 0 Å². The Morgan fingerprint density at radius 3 is 2.87 bits per heavy atom. The zero-order chi connectivity index (χ0) is 15.6. The zero-order valence-corrected chi connectivity index (χ0v) is 14.1. The average Bonchev–Trinajstić information content (AvgIpc) is 3.29. The minimum Gasteiger partial charge on any atom is -0.461 e. The molecule has 1 saturated heterocycles. The Kier molecular flexibility index (Phi) is 4.01. The third-order valence-electron chi connectivity index (χ3n) is 4.17. The second-order valence-corrected chi connectivity index (χ2v) is 6.58. The summed E-state index contributed by atoms with van der Waals surface area (Å²) >= 11 is 3.49. The molecule has 0 N–H and O–H groups in total. The summed E-state index contributed by atoms with van der Waals surface area (Å²) in [6.45, 7) is 1.70. The molecule has 3 aromatic rings. The molecule has 6 heteroatoms. The molecule has 2 aromatic heterocycles. The van der Waals surface area contributed by atoms with Gasteiger partial charge in [0.1, 0.15) is 0 Å². The lowest BCUT2D eigenvalue weighted by molar-refractivity contribution is 0.212. The van der Waals surface area contributed by atoms with Gasteiger partial charge in [0.05, 0.1) is 12.8 Å². The van der Waals surface area contributed by atoms with E-state index in [1.807, 2.05) is 12.1 Å². The molecule has 0 bridgehead atoms. The van der Waals surface area contributed by atoms with Crippen molar-refractivity contribution in [3.8, 4) is 11.6 Å². The molecule has 1 aromatic carbocycles. The molecule has 5 nitrogen and oxygen atoms in total. The number of hydrogen-bond acceptors (Lipinski definition) is 5. The fourth-order valence-corrected chi connectivity index (χ4v) is 3.34. The van der Waals surface area contributed by atoms with Crippen molar-refractivity contribution in [3.05, 3.63) is 58.6 Å². The van der Waals surface area contributed by atoms with Crippen molar-refractivity contribution in [3.63, 3.8) is 0 Å². The summed E-state index contributed by atoms with van der Waals surface area (Å²) in [6.07, 6.45) is 3.94. The normalized spacial score (nSPS) is 18.6. The topological polar surface area (TPSA) is 55.3 Å². The summed E-state index contributed by atoms with van der Waals surface area (Å²) in [6, 6.07) is 12.6. The van der Waals surface area contributed by atoms with E-state index in [-0.39, 0.29) is 0 Å². The highest BCUT2D eigenvalue weighted by atomic mass is 79.9. The standard InChI is InChI=1S/C17H16BrN3O2/c18-13-7-5-12(6-8-13)14-3-1-9-21(14)11-16-19-17(20-23-16)15-4-2-10-22-15/h2,4-8,10,14H,1,3,9,11H2. The maximum absolute atomic E-state index is 5.38. The Hall–Kier alpha value is -1.92. The Labute approximate surface area is 142 Å². The van der Waals surface area contributed by atoms with Gasteiger partial charge in [-0.25, -0.2) is 0 Å². The first-order chi connectivity index (χ1) is 11.3. The SMILES string of the molecule is Brc1ccc(C2CCCN2Cc2nc(-c3ccco3)no2)cc1. The maximum Gasteiger partial charge on any atom is 0.241 e. The lowest BCUT2D eigenvalue weighted by Crippen LogP contribution is -2.22. The number of furan rings is 1. The minimum atomic E-state index is 0.405. The molecular formula is C17H16BrN3O2. The zero-order valence-electron chi connectivity index (χ0n) is 12.5. The molecule has 23 heavy (non-hydrogen) atoms. The molecule has 0 amide bonds. The summed E-state index contributed by atoms with van der Waals surface area (Å²) in [5.41, 5.74) is 1.33. The summed E-state index contributed by atoms with van der Waals surface area (Å²) in [5, 5.41) is 4.00. The third-order valence-corrected chi connectivity index (χ3v) is 4.70. The molecule has 1 atom stereocenters. The average molecular weight is 374 g/mol. The highest BCUT2D eigenvalue weighted by molar-refractivity contribution is 9.10. The fourth-order valence-electron chi connectivity index (χ4n) is 3.08. The van der Waals surface area contributed by atoms with E-state index in [1.54, 1.807) is 6.26 Å². The van der Waals surface area contributed by atoms with Crippen LogP contribution in [0.5, 0.6) is 0 Å². The van der Waals surface area contributed by atoms with Crippen molar-refractivity contribution in [2.24, 2.45) is 0 Å². The van der Waals surface area contributed by atoms with E-state index in [0.717, 1.165) is 17.4 Å².